The Morgan fingerprint density at radius 2 is 1.67 bits per heavy atom. The number of fused-ring (bicyclic) bond motifs is 1. The average molecular weight is 643 g/mol. The number of hydrogen-bond acceptors (Lipinski definition) is 6. The van der Waals surface area contributed by atoms with Crippen LogP contribution in [0, 0.1) is 5.92 Å². The normalized spacial score (nSPS) is 19.4. The second kappa shape index (κ2) is 13.7. The minimum Gasteiger partial charge on any atom is -0.482 e. The number of nitrogens with zero attached hydrogens (tertiary/aromatic N) is 1. The van der Waals surface area contributed by atoms with Crippen LogP contribution < -0.4 is 20.7 Å². The van der Waals surface area contributed by atoms with Crippen molar-refractivity contribution in [2.75, 3.05) is 13.2 Å². The van der Waals surface area contributed by atoms with Gasteiger partial charge >= 0.3 is 0 Å². The fourth-order valence-electron chi connectivity index (χ4n) is 5.97. The van der Waals surface area contributed by atoms with E-state index in [9.17, 15) is 24.0 Å². The van der Waals surface area contributed by atoms with Gasteiger partial charge in [-0.05, 0) is 60.1 Å². The first-order valence-corrected chi connectivity index (χ1v) is 15.9. The lowest BCUT2D eigenvalue weighted by atomic mass is 9.92. The Bertz CT molecular complexity index is 1660. The number of benzene rings is 3. The van der Waals surface area contributed by atoms with E-state index in [2.05, 4.69) is 16.0 Å². The van der Waals surface area contributed by atoms with Crippen molar-refractivity contribution < 1.29 is 28.7 Å². The van der Waals surface area contributed by atoms with Gasteiger partial charge in [-0.25, -0.2) is 0 Å². The van der Waals surface area contributed by atoms with Gasteiger partial charge in [0.1, 0.15) is 11.8 Å². The molecule has 0 aromatic heterocycles. The number of amides is 4. The van der Waals surface area contributed by atoms with Crippen molar-refractivity contribution in [1.82, 2.24) is 20.9 Å². The molecule has 0 bridgehead atoms. The van der Waals surface area contributed by atoms with Gasteiger partial charge < -0.3 is 25.6 Å². The predicted molar refractivity (Wildman–Crippen MR) is 171 cm³/mol. The lowest BCUT2D eigenvalue weighted by molar-refractivity contribution is -0.145. The highest BCUT2D eigenvalue weighted by Gasteiger charge is 2.40. The van der Waals surface area contributed by atoms with Crippen LogP contribution in [-0.4, -0.2) is 65.6 Å². The molecule has 0 unspecified atom stereocenters. The Labute approximate surface area is 271 Å². The summed E-state index contributed by atoms with van der Waals surface area (Å²) in [5.74, 6) is -3.01. The second-order valence-electron chi connectivity index (χ2n) is 12.0. The number of carbonyl (C=O) groups excluding carboxylic acids is 5. The Morgan fingerprint density at radius 1 is 0.935 bits per heavy atom. The van der Waals surface area contributed by atoms with E-state index in [-0.39, 0.29) is 37.9 Å². The van der Waals surface area contributed by atoms with Gasteiger partial charge in [-0.3, -0.25) is 24.0 Å². The largest absolute Gasteiger partial charge is 0.482 e. The average Bonchev–Trinajstić information content (AvgIpc) is 3.80. The molecule has 238 valence electrons. The minimum atomic E-state index is -1.22. The molecular weight excluding hydrogens is 608 g/mol. The van der Waals surface area contributed by atoms with Gasteiger partial charge in [0, 0.05) is 31.5 Å². The molecule has 0 spiro atoms. The van der Waals surface area contributed by atoms with Crippen LogP contribution >= 0.6 is 11.6 Å². The quantitative estimate of drug-likeness (QED) is 0.275. The molecule has 2 aliphatic heterocycles. The molecule has 1 saturated carbocycles. The molecule has 0 radical (unpaired) electrons. The number of rotatable bonds is 11. The van der Waals surface area contributed by atoms with E-state index in [1.807, 2.05) is 60.7 Å². The summed E-state index contributed by atoms with van der Waals surface area (Å²) in [6.45, 7) is 0.251. The lowest BCUT2D eigenvalue weighted by Crippen LogP contribution is -2.57. The maximum atomic E-state index is 13.9. The van der Waals surface area contributed by atoms with Crippen molar-refractivity contribution in [1.29, 1.82) is 0 Å². The molecule has 4 amide bonds. The minimum absolute atomic E-state index is 0.00761. The number of Topliss-reactive ketones (excluding diaryl/α,β-unsaturated/α-hetero) is 1. The van der Waals surface area contributed by atoms with Crippen LogP contribution in [0.15, 0.2) is 72.8 Å². The van der Waals surface area contributed by atoms with Gasteiger partial charge in [0.2, 0.25) is 17.6 Å². The summed E-state index contributed by atoms with van der Waals surface area (Å²) >= 11 is 6.52. The Hall–Kier alpha value is -4.70. The molecule has 3 aromatic carbocycles. The first-order chi connectivity index (χ1) is 22.3. The molecule has 3 aliphatic rings. The van der Waals surface area contributed by atoms with E-state index in [1.165, 1.54) is 4.90 Å². The number of hydrogen-bond donors (Lipinski definition) is 3. The maximum absolute atomic E-state index is 13.9. The van der Waals surface area contributed by atoms with Gasteiger partial charge in [-0.15, -0.1) is 0 Å². The van der Waals surface area contributed by atoms with Crippen LogP contribution in [0.2, 0.25) is 5.02 Å². The summed E-state index contributed by atoms with van der Waals surface area (Å²) in [6.07, 6.45) is 2.29. The molecule has 11 heteroatoms. The van der Waals surface area contributed by atoms with E-state index in [4.69, 9.17) is 16.3 Å². The zero-order valence-electron chi connectivity index (χ0n) is 25.2. The first-order valence-electron chi connectivity index (χ1n) is 15.5. The van der Waals surface area contributed by atoms with Crippen molar-refractivity contribution >= 4 is 41.0 Å². The van der Waals surface area contributed by atoms with Gasteiger partial charge in [-0.2, -0.15) is 0 Å². The van der Waals surface area contributed by atoms with E-state index in [0.717, 1.165) is 35.1 Å². The molecule has 2 heterocycles. The van der Waals surface area contributed by atoms with Gasteiger partial charge in [0.15, 0.2) is 6.61 Å². The highest BCUT2D eigenvalue weighted by atomic mass is 35.5. The molecule has 46 heavy (non-hydrogen) atoms. The third-order valence-electron chi connectivity index (χ3n) is 8.71. The van der Waals surface area contributed by atoms with Crippen molar-refractivity contribution in [3.8, 4) is 16.9 Å². The van der Waals surface area contributed by atoms with Crippen LogP contribution in [0.3, 0.4) is 0 Å². The molecule has 1 saturated heterocycles. The van der Waals surface area contributed by atoms with Crippen molar-refractivity contribution in [2.24, 2.45) is 5.92 Å². The summed E-state index contributed by atoms with van der Waals surface area (Å²) in [7, 11) is 0. The summed E-state index contributed by atoms with van der Waals surface area (Å²) in [6, 6.07) is 20.4. The molecule has 6 rings (SSSR count). The Balaban J connectivity index is 1.18. The number of ether oxygens (including phenoxy) is 1. The van der Waals surface area contributed by atoms with Crippen LogP contribution in [-0.2, 0) is 36.9 Å². The third-order valence-corrected chi connectivity index (χ3v) is 9.01. The fraction of sp³-hybridized carbons (Fsp3) is 0.343. The van der Waals surface area contributed by atoms with Gasteiger partial charge in [0.05, 0.1) is 11.1 Å². The molecule has 3 atom stereocenters. The van der Waals surface area contributed by atoms with Crippen molar-refractivity contribution in [3.05, 3.63) is 88.9 Å². The van der Waals surface area contributed by atoms with Crippen LogP contribution in [0.25, 0.3) is 11.1 Å². The monoisotopic (exact) mass is 642 g/mol. The number of halogens is 1. The smallest absolute Gasteiger partial charge is 0.289 e. The third kappa shape index (κ3) is 7.23. The number of ketones is 1. The molecule has 1 aliphatic carbocycles. The van der Waals surface area contributed by atoms with Crippen LogP contribution in [0.4, 0.5) is 0 Å². The number of carbonyl (C=O) groups is 5. The summed E-state index contributed by atoms with van der Waals surface area (Å²) in [4.78, 5) is 67.3. The SMILES string of the molecule is O=C(NC1CC1)C(=O)[C@H](C[C@@H]1CCNC1=O)NC(=O)[C@@H]1Cc2ccccc2CN1C(=O)COc1ccc(-c2ccccc2)cc1Cl. The molecule has 10 nitrogen and oxygen atoms in total. The lowest BCUT2D eigenvalue weighted by Gasteiger charge is -2.36. The number of nitrogens with one attached hydrogen (secondary N) is 3. The Kier molecular flexibility index (Phi) is 9.35. The van der Waals surface area contributed by atoms with Crippen LogP contribution in [0.1, 0.15) is 36.8 Å². The van der Waals surface area contributed by atoms with Crippen LogP contribution in [0.5, 0.6) is 5.75 Å². The van der Waals surface area contributed by atoms with E-state index < -0.39 is 41.5 Å². The zero-order valence-corrected chi connectivity index (χ0v) is 25.9. The highest BCUT2D eigenvalue weighted by molar-refractivity contribution is 6.38. The summed E-state index contributed by atoms with van der Waals surface area (Å²) < 4.78 is 5.85. The Morgan fingerprint density at radius 3 is 2.37 bits per heavy atom. The van der Waals surface area contributed by atoms with Gasteiger partial charge in [0.25, 0.3) is 11.8 Å². The zero-order chi connectivity index (χ0) is 32.2. The second-order valence-corrected chi connectivity index (χ2v) is 12.4. The van der Waals surface area contributed by atoms with Crippen molar-refractivity contribution in [3.63, 3.8) is 0 Å². The van der Waals surface area contributed by atoms with E-state index in [1.54, 1.807) is 12.1 Å². The first kappa shape index (κ1) is 31.3. The van der Waals surface area contributed by atoms with Crippen molar-refractivity contribution in [2.45, 2.75) is 56.8 Å². The maximum Gasteiger partial charge on any atom is 0.289 e. The highest BCUT2D eigenvalue weighted by Crippen LogP contribution is 2.31. The van der Waals surface area contributed by atoms with E-state index >= 15 is 0 Å². The fourth-order valence-corrected chi connectivity index (χ4v) is 6.20. The molecule has 3 aromatic rings. The molecular formula is C35H35ClN4O6. The summed E-state index contributed by atoms with van der Waals surface area (Å²) in [5, 5.41) is 8.50. The van der Waals surface area contributed by atoms with Gasteiger partial charge in [-0.1, -0.05) is 72.3 Å². The topological polar surface area (TPSA) is 134 Å². The molecule has 2 fully saturated rings. The van der Waals surface area contributed by atoms with E-state index in [0.29, 0.717) is 23.7 Å². The molecule has 3 N–H and O–H groups in total. The standard InChI is InChI=1S/C35H35ClN4O6/c36-27-16-23(21-6-2-1-3-7-21)10-13-30(27)46-20-31(41)40-19-25-9-5-4-8-22(25)18-29(40)34(44)39-28(17-24-14-15-37-33(24)43)32(42)35(45)38-26-11-12-26/h1-10,13,16,24,26,28-29H,11-12,14-15,17-20H2,(H,37,43)(H,38,45)(H,39,44)/t24-,28-,29-/m0/s1. The summed E-state index contributed by atoms with van der Waals surface area (Å²) in [5.41, 5.74) is 3.68. The predicted octanol–water partition coefficient (Wildman–Crippen LogP) is 3.20.